The predicted molar refractivity (Wildman–Crippen MR) is 183 cm³/mol. The van der Waals surface area contributed by atoms with Crippen LogP contribution in [0.5, 0.6) is 0 Å². The predicted octanol–water partition coefficient (Wildman–Crippen LogP) is 5.40. The molecule has 0 amide bonds. The molecule has 6 radical (unpaired) electrons. The van der Waals surface area contributed by atoms with E-state index in [1.165, 1.54) is 6.42 Å². The number of carbonyl (C=O) groups is 1. The third-order valence-corrected chi connectivity index (χ3v) is 6.96. The Hall–Kier alpha value is 1.29. The minimum Gasteiger partial charge on any atom is -0.465 e. The molecule has 0 rings (SSSR count). The first-order valence-electron chi connectivity index (χ1n) is 13.5. The molecule has 0 aromatic heterocycles. The number of aliphatic hydroxyl groups excluding tert-OH is 2. The van der Waals surface area contributed by atoms with Gasteiger partial charge < -0.3 is 24.0 Å². The Morgan fingerprint density at radius 3 is 1.53 bits per heavy atom. The van der Waals surface area contributed by atoms with E-state index in [2.05, 4.69) is 51.1 Å². The quantitative estimate of drug-likeness (QED) is 0.131. The summed E-state index contributed by atoms with van der Waals surface area (Å²) in [5.41, 5.74) is -0.406. The van der Waals surface area contributed by atoms with Crippen LogP contribution in [0.25, 0.3) is 0 Å². The summed E-state index contributed by atoms with van der Waals surface area (Å²) in [4.78, 5) is 11.3. The summed E-state index contributed by atoms with van der Waals surface area (Å²) in [7, 11) is 20.7. The zero-order valence-corrected chi connectivity index (χ0v) is 29.6. The Bertz CT molecular complexity index is 460. The largest absolute Gasteiger partial charge is 0.465 e. The zero-order valence-electron chi connectivity index (χ0n) is 24.9. The summed E-state index contributed by atoms with van der Waals surface area (Å²) in [5.74, 6) is 1.15. The summed E-state index contributed by atoms with van der Waals surface area (Å²) in [6.45, 7) is 18.2. The van der Waals surface area contributed by atoms with Gasteiger partial charge in [0.1, 0.15) is 14.0 Å². The van der Waals surface area contributed by atoms with Crippen LogP contribution in [0.4, 0.5) is 0 Å². The topological polar surface area (TPSA) is 85.2 Å². The lowest BCUT2D eigenvalue weighted by Gasteiger charge is -2.17. The molecule has 0 aliphatic rings. The Balaban J connectivity index is -0.000000208. The van der Waals surface area contributed by atoms with Gasteiger partial charge in [-0.1, -0.05) is 57.5 Å². The second kappa shape index (κ2) is 34.5. The molecule has 6 nitrogen and oxygen atoms in total. The molecule has 0 saturated carbocycles. The number of aliphatic hydroxyl groups is 2. The van der Waals surface area contributed by atoms with Crippen molar-refractivity contribution in [2.45, 2.75) is 110 Å². The van der Waals surface area contributed by atoms with Crippen molar-refractivity contribution < 1.29 is 28.8 Å². The molecule has 2 N–H and O–H groups in total. The van der Waals surface area contributed by atoms with E-state index >= 15 is 0 Å². The van der Waals surface area contributed by atoms with Crippen molar-refractivity contribution in [1.82, 2.24) is 0 Å². The van der Waals surface area contributed by atoms with Gasteiger partial charge in [-0.15, -0.1) is 0 Å². The number of rotatable bonds is 17. The van der Waals surface area contributed by atoms with Crippen molar-refractivity contribution >= 4 is 72.8 Å². The average Bonchev–Trinajstić information content (AvgIpc) is 2.90. The fraction of sp³-hybridized carbons (Fsp3) is 0.958. The number of hydrogen-bond acceptors (Lipinski definition) is 6. The maximum atomic E-state index is 11.3. The van der Waals surface area contributed by atoms with E-state index in [-0.39, 0.29) is 36.6 Å². The number of ether oxygens (including phenoxy) is 1. The highest BCUT2D eigenvalue weighted by Gasteiger charge is 2.22. The van der Waals surface area contributed by atoms with Crippen LogP contribution in [0.1, 0.15) is 86.5 Å². The fourth-order valence-corrected chi connectivity index (χ4v) is 3.27. The minimum absolute atomic E-state index is 0.146. The molecule has 0 bridgehead atoms. The molecule has 0 saturated heterocycles. The monoisotopic (exact) mass is 608 g/mol. The van der Waals surface area contributed by atoms with Crippen molar-refractivity contribution in [3.05, 3.63) is 0 Å². The molecule has 0 aromatic carbocycles. The van der Waals surface area contributed by atoms with Crippen LogP contribution in [0.15, 0.2) is 0 Å². The third kappa shape index (κ3) is 37.3. The first kappa shape index (κ1) is 46.3. The van der Waals surface area contributed by atoms with Crippen molar-refractivity contribution in [2.24, 2.45) is 5.41 Å². The van der Waals surface area contributed by atoms with Gasteiger partial charge in [-0.2, -0.15) is 18.2 Å². The molecule has 0 heterocycles. The van der Waals surface area contributed by atoms with Crippen molar-refractivity contribution in [3.63, 3.8) is 0 Å². The van der Waals surface area contributed by atoms with Gasteiger partial charge in [0.2, 0.25) is 0 Å². The van der Waals surface area contributed by atoms with Crippen LogP contribution >= 0.6 is 37.2 Å². The van der Waals surface area contributed by atoms with Gasteiger partial charge in [-0.3, -0.25) is 4.79 Å². The van der Waals surface area contributed by atoms with Crippen LogP contribution in [0.3, 0.4) is 0 Å². The summed E-state index contributed by atoms with van der Waals surface area (Å²) in [6.07, 6.45) is 6.58. The van der Waals surface area contributed by atoms with Crippen molar-refractivity contribution in [2.75, 3.05) is 33.0 Å². The standard InChI is InChI=1S/C10H19BO2.C5H14BOP2.C5H11BO.C4H12BO2P2/c1-5-8(11)6-7-13-9(12)10(2,3)4;1-2-5(6-8)3-4-7-9;1-2-5(6)3-4-7;6-3-4(5-8)1-2-7-9/h8H,5-7H2,1-4H3;5H,2-4,8-9H2,1H3;5,7H,2-4H2,1H3;4,6H,1-3,8-9H2. The highest BCUT2D eigenvalue weighted by molar-refractivity contribution is 7.56. The maximum Gasteiger partial charge on any atom is 0.311 e. The molecular formula is C24H56B4O6P4. The van der Waals surface area contributed by atoms with Crippen LogP contribution in [0, 0.1) is 5.41 Å². The molecule has 220 valence electrons. The second-order valence-electron chi connectivity index (χ2n) is 9.84. The van der Waals surface area contributed by atoms with Gasteiger partial charge in [-0.05, 0) is 52.3 Å². The smallest absolute Gasteiger partial charge is 0.311 e. The Morgan fingerprint density at radius 2 is 1.24 bits per heavy atom. The van der Waals surface area contributed by atoms with E-state index in [1.54, 1.807) is 0 Å². The van der Waals surface area contributed by atoms with E-state index in [4.69, 9.17) is 39.7 Å². The molecule has 0 aromatic rings. The van der Waals surface area contributed by atoms with Gasteiger partial charge in [0.15, 0.2) is 0 Å². The lowest BCUT2D eigenvalue weighted by molar-refractivity contribution is -0.153. The Morgan fingerprint density at radius 1 is 0.789 bits per heavy atom. The molecule has 38 heavy (non-hydrogen) atoms. The number of esters is 1. The summed E-state index contributed by atoms with van der Waals surface area (Å²) in [5, 5.41) is 16.9. The number of hydrogen-bond donors (Lipinski definition) is 2. The molecule has 8 atom stereocenters. The lowest BCUT2D eigenvalue weighted by atomic mass is 9.81. The normalized spacial score (nSPS) is 13.6. The van der Waals surface area contributed by atoms with E-state index < -0.39 is 5.41 Å². The Kier molecular flexibility index (Phi) is 42.0. The van der Waals surface area contributed by atoms with Gasteiger partial charge >= 0.3 is 5.97 Å². The maximum absolute atomic E-state index is 11.3. The first-order chi connectivity index (χ1) is 17.9. The Labute approximate surface area is 249 Å². The van der Waals surface area contributed by atoms with Crippen LogP contribution < -0.4 is 0 Å². The SMILES string of the molecule is CCC([B]P)CCOP.OCC([B]P)CCOP.[B]C(CC)CCO.[B]C(CC)CCOC(=O)C(C)(C)C. The fourth-order valence-electron chi connectivity index (χ4n) is 2.22. The molecule has 14 heteroatoms. The molecule has 0 aliphatic carbocycles. The first-order valence-corrected chi connectivity index (χ1v) is 15.8. The van der Waals surface area contributed by atoms with Gasteiger partial charge in [0.25, 0.3) is 0 Å². The van der Waals surface area contributed by atoms with Crippen LogP contribution in [-0.2, 0) is 18.6 Å². The summed E-state index contributed by atoms with van der Waals surface area (Å²) >= 11 is 0. The number of carbonyl (C=O) groups excluding carboxylic acids is 1. The summed E-state index contributed by atoms with van der Waals surface area (Å²) in [6, 6.07) is 0. The molecule has 0 aliphatic heterocycles. The summed E-state index contributed by atoms with van der Waals surface area (Å²) < 4.78 is 14.7. The highest BCUT2D eigenvalue weighted by atomic mass is 31.0. The van der Waals surface area contributed by atoms with Crippen molar-refractivity contribution in [3.8, 4) is 0 Å². The van der Waals surface area contributed by atoms with Gasteiger partial charge in [-0.25, -0.2) is 0 Å². The molecule has 0 fully saturated rings. The van der Waals surface area contributed by atoms with Gasteiger partial charge in [0.05, 0.1) is 27.7 Å². The molecular weight excluding hydrogens is 551 g/mol. The van der Waals surface area contributed by atoms with E-state index in [0.29, 0.717) is 19.0 Å². The van der Waals surface area contributed by atoms with Crippen molar-refractivity contribution in [1.29, 1.82) is 0 Å². The second-order valence-corrected chi connectivity index (χ2v) is 11.3. The third-order valence-electron chi connectivity index (χ3n) is 5.40. The zero-order chi connectivity index (χ0) is 30.4. The van der Waals surface area contributed by atoms with E-state index in [9.17, 15) is 4.79 Å². The molecule has 8 unspecified atom stereocenters. The molecule has 0 spiro atoms. The minimum atomic E-state index is -0.406. The van der Waals surface area contributed by atoms with Crippen LogP contribution in [0.2, 0.25) is 23.3 Å². The van der Waals surface area contributed by atoms with E-state index in [0.717, 1.165) is 45.1 Å². The van der Waals surface area contributed by atoms with Gasteiger partial charge in [0, 0.05) is 45.4 Å². The average molecular weight is 608 g/mol. The van der Waals surface area contributed by atoms with E-state index in [1.807, 2.05) is 41.6 Å². The highest BCUT2D eigenvalue weighted by Crippen LogP contribution is 2.17. The van der Waals surface area contributed by atoms with Crippen LogP contribution in [-0.4, -0.2) is 78.9 Å². The lowest BCUT2D eigenvalue weighted by Crippen LogP contribution is -2.23.